The summed E-state index contributed by atoms with van der Waals surface area (Å²) in [5, 5.41) is 4.05. The molecule has 4 nitrogen and oxygen atoms in total. The van der Waals surface area contributed by atoms with Crippen LogP contribution in [0.15, 0.2) is 12.1 Å². The molecular formula is C16H27ClN4. The van der Waals surface area contributed by atoms with Crippen molar-refractivity contribution >= 4 is 17.4 Å². The molecule has 1 aromatic rings. The largest absolute Gasteiger partial charge is 0.357 e. The van der Waals surface area contributed by atoms with Crippen LogP contribution in [0.1, 0.15) is 25.5 Å². The van der Waals surface area contributed by atoms with E-state index in [1.54, 1.807) is 0 Å². The first-order chi connectivity index (χ1) is 10.1. The molecule has 1 aromatic heterocycles. The van der Waals surface area contributed by atoms with E-state index >= 15 is 0 Å². The van der Waals surface area contributed by atoms with Gasteiger partial charge in [-0.15, -0.1) is 0 Å². The Morgan fingerprint density at radius 1 is 1.33 bits per heavy atom. The SMILES string of the molecule is CCNCc1nc(N2CCC(CN(C)C)CC2)ccc1Cl. The molecule has 5 heteroatoms. The fourth-order valence-electron chi connectivity index (χ4n) is 2.88. The van der Waals surface area contributed by atoms with Crippen molar-refractivity contribution in [1.82, 2.24) is 15.2 Å². The van der Waals surface area contributed by atoms with E-state index in [4.69, 9.17) is 16.6 Å². The molecule has 0 saturated carbocycles. The van der Waals surface area contributed by atoms with Crippen molar-refractivity contribution in [2.24, 2.45) is 5.92 Å². The van der Waals surface area contributed by atoms with E-state index in [9.17, 15) is 0 Å². The average molecular weight is 311 g/mol. The molecule has 0 atom stereocenters. The first kappa shape index (κ1) is 16.5. The van der Waals surface area contributed by atoms with Crippen LogP contribution in [0.5, 0.6) is 0 Å². The summed E-state index contributed by atoms with van der Waals surface area (Å²) in [5.41, 5.74) is 0.950. The van der Waals surface area contributed by atoms with E-state index in [-0.39, 0.29) is 0 Å². The summed E-state index contributed by atoms with van der Waals surface area (Å²) in [7, 11) is 4.31. The quantitative estimate of drug-likeness (QED) is 0.875. The minimum Gasteiger partial charge on any atom is -0.357 e. The summed E-state index contributed by atoms with van der Waals surface area (Å²) in [4.78, 5) is 9.41. The van der Waals surface area contributed by atoms with Gasteiger partial charge in [-0.25, -0.2) is 4.98 Å². The maximum Gasteiger partial charge on any atom is 0.128 e. The zero-order chi connectivity index (χ0) is 15.2. The molecule has 1 aliphatic heterocycles. The van der Waals surface area contributed by atoms with Crippen molar-refractivity contribution < 1.29 is 0 Å². The van der Waals surface area contributed by atoms with Gasteiger partial charge in [-0.2, -0.15) is 0 Å². The molecule has 2 heterocycles. The third-order valence-corrected chi connectivity index (χ3v) is 4.35. The average Bonchev–Trinajstić information content (AvgIpc) is 2.47. The van der Waals surface area contributed by atoms with Crippen LogP contribution in [0.3, 0.4) is 0 Å². The fourth-order valence-corrected chi connectivity index (χ4v) is 3.05. The van der Waals surface area contributed by atoms with E-state index in [1.807, 2.05) is 12.1 Å². The van der Waals surface area contributed by atoms with Gasteiger partial charge in [0.2, 0.25) is 0 Å². The molecule has 21 heavy (non-hydrogen) atoms. The topological polar surface area (TPSA) is 31.4 Å². The van der Waals surface area contributed by atoms with Crippen molar-refractivity contribution in [3.63, 3.8) is 0 Å². The van der Waals surface area contributed by atoms with E-state index in [2.05, 4.69) is 36.1 Å². The van der Waals surface area contributed by atoms with Crippen molar-refractivity contribution in [3.05, 3.63) is 22.8 Å². The Bertz CT molecular complexity index is 442. The van der Waals surface area contributed by atoms with Crippen LogP contribution in [-0.4, -0.2) is 50.2 Å². The first-order valence-electron chi connectivity index (χ1n) is 7.86. The van der Waals surface area contributed by atoms with Gasteiger partial charge in [0, 0.05) is 26.2 Å². The highest BCUT2D eigenvalue weighted by Gasteiger charge is 2.21. The first-order valence-corrected chi connectivity index (χ1v) is 8.23. The Hall–Kier alpha value is -0.840. The maximum atomic E-state index is 6.22. The highest BCUT2D eigenvalue weighted by atomic mass is 35.5. The minimum atomic E-state index is 0.736. The normalized spacial score (nSPS) is 16.7. The number of piperidine rings is 1. The molecule has 0 aromatic carbocycles. The Balaban J connectivity index is 1.96. The number of aromatic nitrogens is 1. The van der Waals surface area contributed by atoms with Gasteiger partial charge in [-0.05, 0) is 51.5 Å². The van der Waals surface area contributed by atoms with Crippen molar-refractivity contribution in [2.75, 3.05) is 45.2 Å². The van der Waals surface area contributed by atoms with Gasteiger partial charge in [0.1, 0.15) is 5.82 Å². The number of nitrogens with one attached hydrogen (secondary N) is 1. The summed E-state index contributed by atoms with van der Waals surface area (Å²) in [6.07, 6.45) is 2.48. The molecule has 0 bridgehead atoms. The number of hydrogen-bond acceptors (Lipinski definition) is 4. The lowest BCUT2D eigenvalue weighted by atomic mass is 9.96. The summed E-state index contributed by atoms with van der Waals surface area (Å²) in [6, 6.07) is 4.02. The monoisotopic (exact) mass is 310 g/mol. The van der Waals surface area contributed by atoms with E-state index in [0.29, 0.717) is 0 Å². The zero-order valence-electron chi connectivity index (χ0n) is 13.4. The number of pyridine rings is 1. The number of halogens is 1. The van der Waals surface area contributed by atoms with Crippen LogP contribution in [0.2, 0.25) is 5.02 Å². The van der Waals surface area contributed by atoms with Gasteiger partial charge < -0.3 is 15.1 Å². The van der Waals surface area contributed by atoms with E-state index in [1.165, 1.54) is 19.4 Å². The Morgan fingerprint density at radius 2 is 2.05 bits per heavy atom. The summed E-state index contributed by atoms with van der Waals surface area (Å²) in [6.45, 7) is 7.13. The van der Waals surface area contributed by atoms with Gasteiger partial charge in [0.15, 0.2) is 0 Å². The lowest BCUT2D eigenvalue weighted by Gasteiger charge is -2.34. The molecule has 118 valence electrons. The van der Waals surface area contributed by atoms with Crippen molar-refractivity contribution in [2.45, 2.75) is 26.3 Å². The summed E-state index contributed by atoms with van der Waals surface area (Å²) >= 11 is 6.22. The lowest BCUT2D eigenvalue weighted by molar-refractivity contribution is 0.284. The summed E-state index contributed by atoms with van der Waals surface area (Å²) < 4.78 is 0. The van der Waals surface area contributed by atoms with Crippen LogP contribution in [0.4, 0.5) is 5.82 Å². The molecule has 2 rings (SSSR count). The number of rotatable bonds is 6. The molecule has 1 fully saturated rings. The summed E-state index contributed by atoms with van der Waals surface area (Å²) in [5.74, 6) is 1.88. The van der Waals surface area contributed by atoms with Crippen molar-refractivity contribution in [3.8, 4) is 0 Å². The van der Waals surface area contributed by atoms with Crippen LogP contribution < -0.4 is 10.2 Å². The molecule has 0 unspecified atom stereocenters. The second-order valence-corrected chi connectivity index (χ2v) is 6.48. The van der Waals surface area contributed by atoms with Gasteiger partial charge in [-0.1, -0.05) is 18.5 Å². The highest BCUT2D eigenvalue weighted by molar-refractivity contribution is 6.31. The Kier molecular flexibility index (Phi) is 6.27. The fraction of sp³-hybridized carbons (Fsp3) is 0.688. The van der Waals surface area contributed by atoms with Crippen LogP contribution in [-0.2, 0) is 6.54 Å². The van der Waals surface area contributed by atoms with Gasteiger partial charge in [-0.3, -0.25) is 0 Å². The minimum absolute atomic E-state index is 0.736. The van der Waals surface area contributed by atoms with E-state index in [0.717, 1.165) is 48.6 Å². The van der Waals surface area contributed by atoms with Crippen LogP contribution >= 0.6 is 11.6 Å². The Morgan fingerprint density at radius 3 is 2.67 bits per heavy atom. The van der Waals surface area contributed by atoms with Gasteiger partial charge in [0.05, 0.1) is 10.7 Å². The predicted molar refractivity (Wildman–Crippen MR) is 90.1 cm³/mol. The second-order valence-electron chi connectivity index (χ2n) is 6.07. The molecule has 0 spiro atoms. The third-order valence-electron chi connectivity index (χ3n) is 4.01. The molecule has 1 aliphatic rings. The predicted octanol–water partition coefficient (Wildman–Crippen LogP) is 2.62. The smallest absolute Gasteiger partial charge is 0.128 e. The highest BCUT2D eigenvalue weighted by Crippen LogP contribution is 2.24. The van der Waals surface area contributed by atoms with Crippen molar-refractivity contribution in [1.29, 1.82) is 0 Å². The zero-order valence-corrected chi connectivity index (χ0v) is 14.2. The third kappa shape index (κ3) is 4.83. The Labute approximate surface area is 133 Å². The number of hydrogen-bond donors (Lipinski definition) is 1. The lowest BCUT2D eigenvalue weighted by Crippen LogP contribution is -2.37. The molecule has 0 amide bonds. The molecule has 1 saturated heterocycles. The van der Waals surface area contributed by atoms with Crippen LogP contribution in [0, 0.1) is 5.92 Å². The van der Waals surface area contributed by atoms with Gasteiger partial charge >= 0.3 is 0 Å². The number of nitrogens with zero attached hydrogens (tertiary/aromatic N) is 3. The van der Waals surface area contributed by atoms with E-state index < -0.39 is 0 Å². The standard InChI is InChI=1S/C16H27ClN4/c1-4-18-11-15-14(17)5-6-16(19-15)21-9-7-13(8-10-21)12-20(2)3/h5-6,13,18H,4,7-12H2,1-3H3. The molecule has 0 radical (unpaired) electrons. The van der Waals surface area contributed by atoms with Crippen LogP contribution in [0.25, 0.3) is 0 Å². The molecule has 1 N–H and O–H groups in total. The molecular weight excluding hydrogens is 284 g/mol. The van der Waals surface area contributed by atoms with Gasteiger partial charge in [0.25, 0.3) is 0 Å². The number of anilines is 1. The maximum absolute atomic E-state index is 6.22. The molecule has 0 aliphatic carbocycles. The second kappa shape index (κ2) is 7.97.